The Morgan fingerprint density at radius 1 is 1.26 bits per heavy atom. The maximum absolute atomic E-state index is 12.4. The molecular formula is C18H25N7O2. The standard InChI is InChI=1S/C18H25N7O2/c1-24(2)17-20-11-25(23-17)13-7-5-6-12(10-13)21-18(27)22-15-9-4-3-8-14(15)16(19)26/h5-7,10-11,14-15H,3-4,8-9H2,1-2H3,(H2,19,26)(H2,21,22,27)/t14-,15+/m1/s1. The molecule has 1 aliphatic carbocycles. The van der Waals surface area contributed by atoms with Gasteiger partial charge in [0.2, 0.25) is 11.9 Å². The fraction of sp³-hybridized carbons (Fsp3) is 0.444. The van der Waals surface area contributed by atoms with Gasteiger partial charge in [-0.1, -0.05) is 18.9 Å². The van der Waals surface area contributed by atoms with Crippen LogP contribution in [0.15, 0.2) is 30.6 Å². The van der Waals surface area contributed by atoms with Crippen molar-refractivity contribution in [2.24, 2.45) is 11.7 Å². The fourth-order valence-corrected chi connectivity index (χ4v) is 3.29. The van der Waals surface area contributed by atoms with Crippen LogP contribution in [0.25, 0.3) is 5.69 Å². The van der Waals surface area contributed by atoms with Crippen molar-refractivity contribution in [3.8, 4) is 5.69 Å². The number of carbonyl (C=O) groups excluding carboxylic acids is 2. The van der Waals surface area contributed by atoms with Crippen molar-refractivity contribution < 1.29 is 9.59 Å². The molecule has 4 N–H and O–H groups in total. The number of primary amides is 1. The predicted octanol–water partition coefficient (Wildman–Crippen LogP) is 1.50. The largest absolute Gasteiger partial charge is 0.369 e. The molecule has 3 rings (SSSR count). The van der Waals surface area contributed by atoms with Crippen LogP contribution < -0.4 is 21.3 Å². The third-order valence-electron chi connectivity index (χ3n) is 4.70. The number of hydrogen-bond donors (Lipinski definition) is 3. The van der Waals surface area contributed by atoms with Crippen LogP contribution in [0.1, 0.15) is 25.7 Å². The second-order valence-electron chi connectivity index (χ2n) is 6.93. The maximum atomic E-state index is 12.4. The molecule has 2 aromatic rings. The zero-order valence-corrected chi connectivity index (χ0v) is 15.6. The van der Waals surface area contributed by atoms with E-state index in [1.54, 1.807) is 23.1 Å². The summed E-state index contributed by atoms with van der Waals surface area (Å²) in [5, 5.41) is 10.1. The number of anilines is 2. The van der Waals surface area contributed by atoms with Crippen LogP contribution in [0, 0.1) is 5.92 Å². The number of rotatable bonds is 5. The van der Waals surface area contributed by atoms with Gasteiger partial charge in [0.25, 0.3) is 0 Å². The van der Waals surface area contributed by atoms with E-state index in [1.807, 2.05) is 31.1 Å². The van der Waals surface area contributed by atoms with Crippen LogP contribution in [-0.2, 0) is 4.79 Å². The lowest BCUT2D eigenvalue weighted by atomic mass is 9.84. The van der Waals surface area contributed by atoms with Crippen LogP contribution in [-0.4, -0.2) is 46.8 Å². The van der Waals surface area contributed by atoms with Crippen molar-refractivity contribution in [2.45, 2.75) is 31.7 Å². The average Bonchev–Trinajstić information content (AvgIpc) is 3.12. The van der Waals surface area contributed by atoms with Crippen LogP contribution in [0.5, 0.6) is 0 Å². The number of aromatic nitrogens is 3. The molecule has 0 unspecified atom stereocenters. The van der Waals surface area contributed by atoms with Crippen LogP contribution in [0.2, 0.25) is 0 Å². The van der Waals surface area contributed by atoms with E-state index in [-0.39, 0.29) is 23.9 Å². The number of nitrogens with zero attached hydrogens (tertiary/aromatic N) is 4. The summed E-state index contributed by atoms with van der Waals surface area (Å²) in [7, 11) is 3.74. The summed E-state index contributed by atoms with van der Waals surface area (Å²) >= 11 is 0. The monoisotopic (exact) mass is 371 g/mol. The van der Waals surface area contributed by atoms with E-state index in [2.05, 4.69) is 20.7 Å². The fourth-order valence-electron chi connectivity index (χ4n) is 3.29. The summed E-state index contributed by atoms with van der Waals surface area (Å²) in [6.45, 7) is 0. The molecule has 1 aliphatic rings. The first-order valence-corrected chi connectivity index (χ1v) is 9.00. The number of carbonyl (C=O) groups is 2. The second-order valence-corrected chi connectivity index (χ2v) is 6.93. The van der Waals surface area contributed by atoms with E-state index < -0.39 is 0 Å². The van der Waals surface area contributed by atoms with Crippen LogP contribution >= 0.6 is 0 Å². The molecular weight excluding hydrogens is 346 g/mol. The summed E-state index contributed by atoms with van der Waals surface area (Å²) in [6, 6.07) is 6.73. The van der Waals surface area contributed by atoms with E-state index >= 15 is 0 Å². The minimum Gasteiger partial charge on any atom is -0.369 e. The van der Waals surface area contributed by atoms with Gasteiger partial charge in [-0.3, -0.25) is 4.79 Å². The zero-order valence-electron chi connectivity index (χ0n) is 15.6. The SMILES string of the molecule is CN(C)c1ncn(-c2cccc(NC(=O)N[C@H]3CCCC[C@H]3C(N)=O)c2)n1. The Kier molecular flexibility index (Phi) is 5.58. The molecule has 1 aromatic heterocycles. The lowest BCUT2D eigenvalue weighted by molar-refractivity contribution is -0.123. The van der Waals surface area contributed by atoms with Crippen LogP contribution in [0.3, 0.4) is 0 Å². The van der Waals surface area contributed by atoms with E-state index in [4.69, 9.17) is 5.73 Å². The quantitative estimate of drug-likeness (QED) is 0.736. The summed E-state index contributed by atoms with van der Waals surface area (Å²) in [5.74, 6) is -0.0683. The Morgan fingerprint density at radius 2 is 2.04 bits per heavy atom. The lowest BCUT2D eigenvalue weighted by Crippen LogP contribution is -2.48. The Labute approximate surface area is 157 Å². The molecule has 3 amide bonds. The Balaban J connectivity index is 1.66. The average molecular weight is 371 g/mol. The number of hydrogen-bond acceptors (Lipinski definition) is 5. The van der Waals surface area contributed by atoms with Crippen molar-refractivity contribution in [3.63, 3.8) is 0 Å². The van der Waals surface area contributed by atoms with Gasteiger partial charge in [0.1, 0.15) is 6.33 Å². The molecule has 1 heterocycles. The third kappa shape index (κ3) is 4.55. The number of amides is 3. The maximum Gasteiger partial charge on any atom is 0.319 e. The summed E-state index contributed by atoms with van der Waals surface area (Å²) in [5.41, 5.74) is 6.87. The number of urea groups is 1. The molecule has 1 fully saturated rings. The van der Waals surface area contributed by atoms with Gasteiger partial charge in [-0.25, -0.2) is 9.48 Å². The molecule has 1 saturated carbocycles. The minimum atomic E-state index is -0.357. The molecule has 9 nitrogen and oxygen atoms in total. The van der Waals surface area contributed by atoms with Crippen molar-refractivity contribution in [2.75, 3.05) is 24.3 Å². The molecule has 0 spiro atoms. The zero-order chi connectivity index (χ0) is 19.4. The highest BCUT2D eigenvalue weighted by molar-refractivity contribution is 5.90. The highest BCUT2D eigenvalue weighted by Gasteiger charge is 2.30. The van der Waals surface area contributed by atoms with E-state index in [1.165, 1.54) is 0 Å². The lowest BCUT2D eigenvalue weighted by Gasteiger charge is -2.29. The van der Waals surface area contributed by atoms with Gasteiger partial charge in [0.15, 0.2) is 0 Å². The number of nitrogens with two attached hydrogens (primary N) is 1. The molecule has 27 heavy (non-hydrogen) atoms. The van der Waals surface area contributed by atoms with Gasteiger partial charge in [-0.2, -0.15) is 4.98 Å². The molecule has 0 radical (unpaired) electrons. The third-order valence-corrected chi connectivity index (χ3v) is 4.70. The molecule has 2 atom stereocenters. The first kappa shape index (κ1) is 18.7. The molecule has 9 heteroatoms. The first-order valence-electron chi connectivity index (χ1n) is 9.00. The molecule has 0 saturated heterocycles. The highest BCUT2D eigenvalue weighted by atomic mass is 16.2. The molecule has 1 aromatic carbocycles. The second kappa shape index (κ2) is 8.07. The van der Waals surface area contributed by atoms with Crippen molar-refractivity contribution in [3.05, 3.63) is 30.6 Å². The Hall–Kier alpha value is -3.10. The summed E-state index contributed by atoms with van der Waals surface area (Å²) in [4.78, 5) is 30.0. The van der Waals surface area contributed by atoms with Gasteiger partial charge in [0, 0.05) is 25.8 Å². The molecule has 0 bridgehead atoms. The topological polar surface area (TPSA) is 118 Å². The van der Waals surface area contributed by atoms with E-state index in [0.717, 1.165) is 31.4 Å². The summed E-state index contributed by atoms with van der Waals surface area (Å²) in [6.07, 6.45) is 5.03. The van der Waals surface area contributed by atoms with E-state index in [9.17, 15) is 9.59 Å². The minimum absolute atomic E-state index is 0.225. The number of nitrogens with one attached hydrogen (secondary N) is 2. The Morgan fingerprint density at radius 3 is 2.74 bits per heavy atom. The highest BCUT2D eigenvalue weighted by Crippen LogP contribution is 2.24. The number of benzene rings is 1. The van der Waals surface area contributed by atoms with Crippen molar-refractivity contribution in [1.29, 1.82) is 0 Å². The van der Waals surface area contributed by atoms with Crippen LogP contribution in [0.4, 0.5) is 16.4 Å². The van der Waals surface area contributed by atoms with Gasteiger partial charge in [-0.15, -0.1) is 5.10 Å². The van der Waals surface area contributed by atoms with Gasteiger partial charge < -0.3 is 21.3 Å². The van der Waals surface area contributed by atoms with Gasteiger partial charge >= 0.3 is 6.03 Å². The Bertz CT molecular complexity index is 818. The van der Waals surface area contributed by atoms with Gasteiger partial charge in [0.05, 0.1) is 11.6 Å². The normalized spacial score (nSPS) is 19.3. The summed E-state index contributed by atoms with van der Waals surface area (Å²) < 4.78 is 1.64. The first-order chi connectivity index (χ1) is 12.9. The molecule has 144 valence electrons. The van der Waals surface area contributed by atoms with E-state index in [0.29, 0.717) is 11.6 Å². The van der Waals surface area contributed by atoms with Gasteiger partial charge in [-0.05, 0) is 31.0 Å². The smallest absolute Gasteiger partial charge is 0.319 e. The van der Waals surface area contributed by atoms with Crippen molar-refractivity contribution in [1.82, 2.24) is 20.1 Å². The molecule has 0 aliphatic heterocycles. The van der Waals surface area contributed by atoms with Crippen molar-refractivity contribution >= 4 is 23.6 Å². The predicted molar refractivity (Wildman–Crippen MR) is 103 cm³/mol.